The summed E-state index contributed by atoms with van der Waals surface area (Å²) < 4.78 is 39.9. The Balaban J connectivity index is 2.17. The van der Waals surface area contributed by atoms with Gasteiger partial charge < -0.3 is 5.11 Å². The molecule has 0 spiro atoms. The van der Waals surface area contributed by atoms with Gasteiger partial charge in [0.1, 0.15) is 11.4 Å². The van der Waals surface area contributed by atoms with Crippen molar-refractivity contribution in [2.75, 3.05) is 0 Å². The van der Waals surface area contributed by atoms with Gasteiger partial charge in [0.15, 0.2) is 0 Å². The highest BCUT2D eigenvalue weighted by molar-refractivity contribution is 5.63. The number of hydrogen-bond acceptors (Lipinski definition) is 4. The SMILES string of the molecule is OCc1nnn(-c2cccc(C(F)(F)F)c2)c1-c1cccnc1. The molecule has 2 aromatic heterocycles. The number of rotatable bonds is 3. The second-order valence-corrected chi connectivity index (χ2v) is 4.74. The van der Waals surface area contributed by atoms with Crippen molar-refractivity contribution in [2.45, 2.75) is 12.8 Å². The van der Waals surface area contributed by atoms with Crippen LogP contribution in [0.2, 0.25) is 0 Å². The van der Waals surface area contributed by atoms with E-state index in [1.54, 1.807) is 18.3 Å². The highest BCUT2D eigenvalue weighted by Crippen LogP contribution is 2.31. The van der Waals surface area contributed by atoms with E-state index in [1.807, 2.05) is 0 Å². The van der Waals surface area contributed by atoms with Gasteiger partial charge in [0.2, 0.25) is 0 Å². The molecule has 0 saturated heterocycles. The molecule has 1 N–H and O–H groups in total. The average molecular weight is 320 g/mol. The van der Waals surface area contributed by atoms with Crippen molar-refractivity contribution in [1.29, 1.82) is 0 Å². The van der Waals surface area contributed by atoms with Crippen LogP contribution in [0.3, 0.4) is 0 Å². The largest absolute Gasteiger partial charge is 0.416 e. The van der Waals surface area contributed by atoms with E-state index < -0.39 is 11.7 Å². The Morgan fingerprint density at radius 3 is 2.61 bits per heavy atom. The van der Waals surface area contributed by atoms with E-state index in [4.69, 9.17) is 0 Å². The van der Waals surface area contributed by atoms with Crippen molar-refractivity contribution in [2.24, 2.45) is 0 Å². The van der Waals surface area contributed by atoms with Crippen LogP contribution in [0.15, 0.2) is 48.8 Å². The molecule has 3 aromatic rings. The van der Waals surface area contributed by atoms with Crippen LogP contribution in [0, 0.1) is 0 Å². The minimum atomic E-state index is -4.45. The predicted molar refractivity (Wildman–Crippen MR) is 75.5 cm³/mol. The first kappa shape index (κ1) is 15.2. The molecule has 0 unspecified atom stereocenters. The van der Waals surface area contributed by atoms with E-state index in [9.17, 15) is 18.3 Å². The first-order valence-corrected chi connectivity index (χ1v) is 6.64. The summed E-state index contributed by atoms with van der Waals surface area (Å²) >= 11 is 0. The molecule has 0 atom stereocenters. The van der Waals surface area contributed by atoms with Crippen LogP contribution in [0.25, 0.3) is 16.9 Å². The molecule has 2 heterocycles. The second-order valence-electron chi connectivity index (χ2n) is 4.74. The molecule has 0 fully saturated rings. The minimum Gasteiger partial charge on any atom is -0.390 e. The van der Waals surface area contributed by atoms with E-state index >= 15 is 0 Å². The number of aromatic nitrogens is 4. The second kappa shape index (κ2) is 5.81. The van der Waals surface area contributed by atoms with Gasteiger partial charge in [0.05, 0.1) is 17.9 Å². The predicted octanol–water partition coefficient (Wildman–Crippen LogP) is 2.84. The fraction of sp³-hybridized carbons (Fsp3) is 0.133. The molecule has 0 saturated carbocycles. The van der Waals surface area contributed by atoms with Crippen molar-refractivity contribution >= 4 is 0 Å². The smallest absolute Gasteiger partial charge is 0.390 e. The number of aliphatic hydroxyl groups excluding tert-OH is 1. The molecule has 1 aromatic carbocycles. The lowest BCUT2D eigenvalue weighted by Gasteiger charge is -2.11. The molecule has 0 radical (unpaired) electrons. The maximum absolute atomic E-state index is 12.9. The summed E-state index contributed by atoms with van der Waals surface area (Å²) in [7, 11) is 0. The third-order valence-electron chi connectivity index (χ3n) is 3.24. The van der Waals surface area contributed by atoms with Gasteiger partial charge in [-0.3, -0.25) is 4.98 Å². The lowest BCUT2D eigenvalue weighted by atomic mass is 10.1. The number of nitrogens with zero attached hydrogens (tertiary/aromatic N) is 4. The van der Waals surface area contributed by atoms with Crippen LogP contribution < -0.4 is 0 Å². The van der Waals surface area contributed by atoms with Crippen LogP contribution in [-0.2, 0) is 12.8 Å². The Morgan fingerprint density at radius 1 is 1.13 bits per heavy atom. The van der Waals surface area contributed by atoms with Crippen LogP contribution in [0.1, 0.15) is 11.3 Å². The quantitative estimate of drug-likeness (QED) is 0.806. The lowest BCUT2D eigenvalue weighted by Crippen LogP contribution is -2.07. The summed E-state index contributed by atoms with van der Waals surface area (Å²) in [6.07, 6.45) is -1.35. The molecule has 0 amide bonds. The molecular weight excluding hydrogens is 309 g/mol. The van der Waals surface area contributed by atoms with Crippen LogP contribution in [0.5, 0.6) is 0 Å². The number of alkyl halides is 3. The molecule has 3 rings (SSSR count). The van der Waals surface area contributed by atoms with E-state index in [2.05, 4.69) is 15.3 Å². The Labute approximate surface area is 129 Å². The highest BCUT2D eigenvalue weighted by atomic mass is 19.4. The van der Waals surface area contributed by atoms with E-state index in [0.29, 0.717) is 11.3 Å². The zero-order valence-corrected chi connectivity index (χ0v) is 11.7. The number of pyridine rings is 1. The maximum atomic E-state index is 12.9. The summed E-state index contributed by atoms with van der Waals surface area (Å²) in [6, 6.07) is 8.15. The van der Waals surface area contributed by atoms with Crippen LogP contribution in [-0.4, -0.2) is 25.1 Å². The van der Waals surface area contributed by atoms with Crippen molar-refractivity contribution in [1.82, 2.24) is 20.0 Å². The van der Waals surface area contributed by atoms with Gasteiger partial charge >= 0.3 is 6.18 Å². The van der Waals surface area contributed by atoms with Gasteiger partial charge in [-0.15, -0.1) is 5.10 Å². The summed E-state index contributed by atoms with van der Waals surface area (Å²) in [6.45, 7) is -0.386. The zero-order valence-electron chi connectivity index (χ0n) is 11.7. The minimum absolute atomic E-state index is 0.200. The maximum Gasteiger partial charge on any atom is 0.416 e. The van der Waals surface area contributed by atoms with E-state index in [0.717, 1.165) is 12.1 Å². The monoisotopic (exact) mass is 320 g/mol. The number of halogens is 3. The highest BCUT2D eigenvalue weighted by Gasteiger charge is 2.31. The van der Waals surface area contributed by atoms with E-state index in [-0.39, 0.29) is 18.0 Å². The van der Waals surface area contributed by atoms with Crippen molar-refractivity contribution in [3.05, 3.63) is 60.0 Å². The molecule has 0 aliphatic carbocycles. The van der Waals surface area contributed by atoms with Gasteiger partial charge in [-0.25, -0.2) is 4.68 Å². The molecule has 23 heavy (non-hydrogen) atoms. The first-order valence-electron chi connectivity index (χ1n) is 6.64. The third-order valence-corrected chi connectivity index (χ3v) is 3.24. The lowest BCUT2D eigenvalue weighted by molar-refractivity contribution is -0.137. The van der Waals surface area contributed by atoms with Gasteiger partial charge in [0, 0.05) is 18.0 Å². The van der Waals surface area contributed by atoms with E-state index in [1.165, 1.54) is 23.0 Å². The summed E-state index contributed by atoms with van der Waals surface area (Å²) in [5.74, 6) is 0. The van der Waals surface area contributed by atoms with Crippen molar-refractivity contribution in [3.8, 4) is 16.9 Å². The number of hydrogen-bond donors (Lipinski definition) is 1. The Hall–Kier alpha value is -2.74. The normalized spacial score (nSPS) is 11.7. The van der Waals surface area contributed by atoms with Crippen molar-refractivity contribution < 1.29 is 18.3 Å². The zero-order chi connectivity index (χ0) is 16.4. The number of aliphatic hydroxyl groups is 1. The number of benzene rings is 1. The topological polar surface area (TPSA) is 63.8 Å². The van der Waals surface area contributed by atoms with Crippen molar-refractivity contribution in [3.63, 3.8) is 0 Å². The fourth-order valence-electron chi connectivity index (χ4n) is 2.21. The van der Waals surface area contributed by atoms with Gasteiger partial charge in [-0.1, -0.05) is 11.3 Å². The Bertz CT molecular complexity index is 815. The van der Waals surface area contributed by atoms with Crippen LogP contribution >= 0.6 is 0 Å². The van der Waals surface area contributed by atoms with Gasteiger partial charge in [-0.2, -0.15) is 13.2 Å². The summed E-state index contributed by atoms with van der Waals surface area (Å²) in [5.41, 5.74) is 0.674. The summed E-state index contributed by atoms with van der Waals surface area (Å²) in [5, 5.41) is 17.1. The first-order chi connectivity index (χ1) is 11.0. The molecule has 0 aliphatic rings. The fourth-order valence-corrected chi connectivity index (χ4v) is 2.21. The van der Waals surface area contributed by atoms with Gasteiger partial charge in [0.25, 0.3) is 0 Å². The molecular formula is C15H11F3N4O. The third kappa shape index (κ3) is 2.93. The standard InChI is InChI=1S/C15H11F3N4O/c16-15(17,18)11-4-1-5-12(7-11)22-14(13(9-23)20-21-22)10-3-2-6-19-8-10/h1-8,23H,9H2. The molecule has 0 aliphatic heterocycles. The molecule has 0 bridgehead atoms. The van der Waals surface area contributed by atoms with Gasteiger partial charge in [-0.05, 0) is 30.3 Å². The molecule has 8 heteroatoms. The molecule has 118 valence electrons. The molecule has 5 nitrogen and oxygen atoms in total. The summed E-state index contributed by atoms with van der Waals surface area (Å²) in [4.78, 5) is 3.98. The van der Waals surface area contributed by atoms with Crippen LogP contribution in [0.4, 0.5) is 13.2 Å². The Kier molecular flexibility index (Phi) is 3.83. The Morgan fingerprint density at radius 2 is 1.96 bits per heavy atom. The average Bonchev–Trinajstić information content (AvgIpc) is 2.99.